The Kier molecular flexibility index (Phi) is 10.8. The van der Waals surface area contributed by atoms with Gasteiger partial charge in [-0.05, 0) is 19.1 Å². The van der Waals surface area contributed by atoms with Gasteiger partial charge in [0.05, 0.1) is 6.17 Å². The van der Waals surface area contributed by atoms with Gasteiger partial charge in [0, 0.05) is 11.5 Å². The van der Waals surface area contributed by atoms with Gasteiger partial charge in [-0.1, -0.05) is 30.8 Å². The van der Waals surface area contributed by atoms with Gasteiger partial charge >= 0.3 is 0 Å². The molecule has 0 fully saturated rings. The van der Waals surface area contributed by atoms with Gasteiger partial charge in [-0.25, -0.2) is 13.7 Å². The van der Waals surface area contributed by atoms with E-state index < -0.39 is 11.1 Å². The van der Waals surface area contributed by atoms with Crippen LogP contribution in [0.15, 0.2) is 0 Å². The van der Waals surface area contributed by atoms with E-state index in [-0.39, 0.29) is 6.17 Å². The maximum absolute atomic E-state index is 10.4. The quantitative estimate of drug-likeness (QED) is 0.330. The molecule has 0 heterocycles. The molecule has 2 atom stereocenters. The second-order valence-corrected chi connectivity index (χ2v) is 5.39. The first kappa shape index (κ1) is 14.7. The summed E-state index contributed by atoms with van der Waals surface area (Å²) in [4.78, 5) is 0. The summed E-state index contributed by atoms with van der Waals surface area (Å²) in [5.74, 6) is 1.36. The van der Waals surface area contributed by atoms with Gasteiger partial charge in [0.15, 0.2) is 11.1 Å². The van der Waals surface area contributed by atoms with Crippen molar-refractivity contribution in [2.75, 3.05) is 17.8 Å². The smallest absolute Gasteiger partial charge is 0.152 e. The number of hydrogen-bond donors (Lipinski definition) is 3. The van der Waals surface area contributed by atoms with E-state index in [0.717, 1.165) is 18.6 Å². The maximum atomic E-state index is 10.4. The SMILES string of the molecule is CCSNC(CCCS(=O)O)NSC. The lowest BCUT2D eigenvalue weighted by Gasteiger charge is -2.17. The van der Waals surface area contributed by atoms with Crippen LogP contribution in [0.4, 0.5) is 0 Å². The number of nitrogens with one attached hydrogen (secondary N) is 2. The van der Waals surface area contributed by atoms with Gasteiger partial charge in [0.2, 0.25) is 0 Å². The van der Waals surface area contributed by atoms with Crippen LogP contribution in [-0.2, 0) is 11.1 Å². The van der Waals surface area contributed by atoms with E-state index in [9.17, 15) is 4.21 Å². The van der Waals surface area contributed by atoms with Crippen LogP contribution in [0.25, 0.3) is 0 Å². The second-order valence-electron chi connectivity index (χ2n) is 2.59. The Hall–Kier alpha value is 0.730. The lowest BCUT2D eigenvalue weighted by molar-refractivity contribution is 0.538. The molecule has 4 nitrogen and oxygen atoms in total. The van der Waals surface area contributed by atoms with Crippen LogP contribution in [0.2, 0.25) is 0 Å². The molecule has 0 aliphatic carbocycles. The molecule has 0 spiro atoms. The monoisotopic (exact) mass is 258 g/mol. The summed E-state index contributed by atoms with van der Waals surface area (Å²) in [6, 6.07) is 0. The second kappa shape index (κ2) is 10.3. The first-order valence-corrected chi connectivity index (χ1v) is 7.92. The molecular formula is C7H18N2O2S3. The van der Waals surface area contributed by atoms with Crippen LogP contribution in [0.3, 0.4) is 0 Å². The fourth-order valence-electron chi connectivity index (χ4n) is 0.879. The van der Waals surface area contributed by atoms with E-state index in [2.05, 4.69) is 16.4 Å². The molecule has 86 valence electrons. The zero-order valence-corrected chi connectivity index (χ0v) is 10.9. The predicted molar refractivity (Wildman–Crippen MR) is 66.6 cm³/mol. The van der Waals surface area contributed by atoms with Crippen molar-refractivity contribution in [3.05, 3.63) is 0 Å². The van der Waals surface area contributed by atoms with E-state index in [1.807, 2.05) is 6.26 Å². The first-order chi connectivity index (χ1) is 6.70. The molecule has 14 heavy (non-hydrogen) atoms. The summed E-state index contributed by atoms with van der Waals surface area (Å²) < 4.78 is 25.4. The minimum absolute atomic E-state index is 0.207. The van der Waals surface area contributed by atoms with E-state index in [1.54, 1.807) is 23.9 Å². The van der Waals surface area contributed by atoms with E-state index in [4.69, 9.17) is 4.55 Å². The molecule has 0 aromatic rings. The van der Waals surface area contributed by atoms with Crippen molar-refractivity contribution in [1.82, 2.24) is 9.44 Å². The number of hydrogen-bond acceptors (Lipinski definition) is 5. The van der Waals surface area contributed by atoms with Crippen LogP contribution >= 0.6 is 23.9 Å². The number of rotatable bonds is 9. The van der Waals surface area contributed by atoms with E-state index in [1.165, 1.54) is 0 Å². The van der Waals surface area contributed by atoms with E-state index in [0.29, 0.717) is 5.75 Å². The van der Waals surface area contributed by atoms with Crippen molar-refractivity contribution >= 4 is 35.0 Å². The van der Waals surface area contributed by atoms with Crippen LogP contribution in [0.5, 0.6) is 0 Å². The molecule has 0 aromatic carbocycles. The molecule has 0 rings (SSSR count). The van der Waals surface area contributed by atoms with Gasteiger partial charge in [-0.3, -0.25) is 0 Å². The summed E-state index contributed by atoms with van der Waals surface area (Å²) in [6.07, 6.45) is 3.78. The van der Waals surface area contributed by atoms with Crippen molar-refractivity contribution in [3.63, 3.8) is 0 Å². The Balaban J connectivity index is 3.55. The fraction of sp³-hybridized carbons (Fsp3) is 1.00. The average Bonchev–Trinajstić information content (AvgIpc) is 2.13. The molecule has 0 saturated heterocycles. The molecule has 3 N–H and O–H groups in total. The third kappa shape index (κ3) is 9.29. The molecule has 0 radical (unpaired) electrons. The zero-order chi connectivity index (χ0) is 10.8. The highest BCUT2D eigenvalue weighted by Gasteiger charge is 2.06. The molecular weight excluding hydrogens is 240 g/mol. The highest BCUT2D eigenvalue weighted by Crippen LogP contribution is 2.03. The van der Waals surface area contributed by atoms with Gasteiger partial charge in [0.25, 0.3) is 0 Å². The van der Waals surface area contributed by atoms with E-state index >= 15 is 0 Å². The molecule has 0 aliphatic heterocycles. The molecule has 0 aromatic heterocycles. The lowest BCUT2D eigenvalue weighted by Crippen LogP contribution is -2.34. The predicted octanol–water partition coefficient (Wildman–Crippen LogP) is 1.44. The topological polar surface area (TPSA) is 61.4 Å². The van der Waals surface area contributed by atoms with Crippen molar-refractivity contribution in [2.24, 2.45) is 0 Å². The Morgan fingerprint density at radius 1 is 1.50 bits per heavy atom. The first-order valence-electron chi connectivity index (χ1n) is 4.44. The molecule has 0 amide bonds. The van der Waals surface area contributed by atoms with Crippen LogP contribution in [0, 0.1) is 0 Å². The minimum Gasteiger partial charge on any atom is -0.306 e. The molecule has 0 aliphatic rings. The third-order valence-electron chi connectivity index (χ3n) is 1.44. The summed E-state index contributed by atoms with van der Waals surface area (Å²) in [5.41, 5.74) is 0. The van der Waals surface area contributed by atoms with Crippen molar-refractivity contribution in [1.29, 1.82) is 0 Å². The summed E-state index contributed by atoms with van der Waals surface area (Å²) in [5, 5.41) is 0. The van der Waals surface area contributed by atoms with Gasteiger partial charge in [-0.15, -0.1) is 0 Å². The van der Waals surface area contributed by atoms with Gasteiger partial charge in [0.1, 0.15) is 0 Å². The van der Waals surface area contributed by atoms with Crippen LogP contribution < -0.4 is 9.44 Å². The van der Waals surface area contributed by atoms with Gasteiger partial charge < -0.3 is 4.55 Å². The highest BCUT2D eigenvalue weighted by molar-refractivity contribution is 7.97. The Morgan fingerprint density at radius 2 is 2.21 bits per heavy atom. The standard InChI is InChI=1S/C7H18N2O2S3/c1-3-13-9-7(8-12-2)5-4-6-14(10)11/h7-9H,3-6H2,1-2H3,(H,10,11). The fourth-order valence-corrected chi connectivity index (χ4v) is 2.37. The lowest BCUT2D eigenvalue weighted by atomic mass is 10.3. The van der Waals surface area contributed by atoms with Crippen molar-refractivity contribution in [2.45, 2.75) is 25.9 Å². The summed E-state index contributed by atoms with van der Waals surface area (Å²) >= 11 is 1.54. The Morgan fingerprint density at radius 3 is 2.71 bits per heavy atom. The van der Waals surface area contributed by atoms with Crippen LogP contribution in [-0.4, -0.2) is 32.7 Å². The molecule has 2 unspecified atom stereocenters. The normalized spacial score (nSPS) is 15.4. The maximum Gasteiger partial charge on any atom is 0.152 e. The Bertz CT molecular complexity index is 160. The largest absolute Gasteiger partial charge is 0.306 e. The zero-order valence-electron chi connectivity index (χ0n) is 8.49. The molecule has 0 saturated carbocycles. The van der Waals surface area contributed by atoms with Gasteiger partial charge in [-0.2, -0.15) is 0 Å². The highest BCUT2D eigenvalue weighted by atomic mass is 32.2. The molecule has 0 bridgehead atoms. The summed E-state index contributed by atoms with van der Waals surface area (Å²) in [6.45, 7) is 2.08. The van der Waals surface area contributed by atoms with Crippen molar-refractivity contribution in [3.8, 4) is 0 Å². The third-order valence-corrected chi connectivity index (χ3v) is 3.34. The van der Waals surface area contributed by atoms with Crippen LogP contribution in [0.1, 0.15) is 19.8 Å². The Labute approximate surface area is 96.9 Å². The van der Waals surface area contributed by atoms with Crippen molar-refractivity contribution < 1.29 is 8.76 Å². The summed E-state index contributed by atoms with van der Waals surface area (Å²) in [7, 11) is 0. The average molecular weight is 258 g/mol. The minimum atomic E-state index is -1.66. The molecule has 7 heteroatoms.